The van der Waals surface area contributed by atoms with Crippen molar-refractivity contribution in [1.29, 1.82) is 5.26 Å². The van der Waals surface area contributed by atoms with Crippen molar-refractivity contribution in [3.05, 3.63) is 63.1 Å². The van der Waals surface area contributed by atoms with E-state index in [4.69, 9.17) is 11.0 Å². The number of hydrogen-bond acceptors (Lipinski definition) is 3. The number of rotatable bonds is 2. The van der Waals surface area contributed by atoms with Crippen LogP contribution in [0.4, 0.5) is 5.69 Å². The van der Waals surface area contributed by atoms with Gasteiger partial charge in [0.1, 0.15) is 0 Å². The van der Waals surface area contributed by atoms with Crippen LogP contribution in [0.5, 0.6) is 0 Å². The molecule has 0 aliphatic rings. The van der Waals surface area contributed by atoms with Gasteiger partial charge in [0.25, 0.3) is 5.56 Å². The first-order chi connectivity index (χ1) is 9.01. The van der Waals surface area contributed by atoms with E-state index in [1.54, 1.807) is 16.8 Å². The van der Waals surface area contributed by atoms with E-state index in [1.807, 2.05) is 26.0 Å². The fraction of sp³-hybridized carbons (Fsp3) is 0.200. The molecule has 1 heterocycles. The van der Waals surface area contributed by atoms with Gasteiger partial charge in [-0.25, -0.2) is 0 Å². The van der Waals surface area contributed by atoms with Crippen molar-refractivity contribution >= 4 is 5.69 Å². The van der Waals surface area contributed by atoms with Crippen LogP contribution in [-0.4, -0.2) is 4.57 Å². The van der Waals surface area contributed by atoms with Crippen LogP contribution < -0.4 is 11.3 Å². The third-order valence-electron chi connectivity index (χ3n) is 3.19. The maximum Gasteiger partial charge on any atom is 0.251 e. The molecule has 2 N–H and O–H groups in total. The normalized spacial score (nSPS) is 10.2. The lowest BCUT2D eigenvalue weighted by molar-refractivity contribution is 0.755. The maximum absolute atomic E-state index is 11.9. The first-order valence-corrected chi connectivity index (χ1v) is 5.97. The van der Waals surface area contributed by atoms with Crippen molar-refractivity contribution in [3.63, 3.8) is 0 Å². The van der Waals surface area contributed by atoms with E-state index >= 15 is 0 Å². The first-order valence-electron chi connectivity index (χ1n) is 5.97. The molecule has 0 saturated carbocycles. The number of aromatic nitrogens is 1. The van der Waals surface area contributed by atoms with Gasteiger partial charge in [0, 0.05) is 12.3 Å². The Morgan fingerprint density at radius 2 is 2.00 bits per heavy atom. The maximum atomic E-state index is 11.9. The lowest BCUT2D eigenvalue weighted by atomic mass is 10.1. The molecule has 4 heteroatoms. The number of nitrogens with two attached hydrogens (primary N) is 1. The van der Waals surface area contributed by atoms with E-state index in [2.05, 4.69) is 6.07 Å². The highest BCUT2D eigenvalue weighted by molar-refractivity contribution is 5.43. The highest BCUT2D eigenvalue weighted by atomic mass is 16.1. The smallest absolute Gasteiger partial charge is 0.251 e. The van der Waals surface area contributed by atoms with Crippen LogP contribution in [0.15, 0.2) is 35.3 Å². The Morgan fingerprint density at radius 1 is 1.26 bits per heavy atom. The second kappa shape index (κ2) is 4.99. The molecule has 0 atom stereocenters. The number of pyridine rings is 1. The number of nitriles is 1. The van der Waals surface area contributed by atoms with E-state index in [9.17, 15) is 4.79 Å². The predicted octanol–water partition coefficient (Wildman–Crippen LogP) is 1.97. The number of anilines is 1. The fourth-order valence-corrected chi connectivity index (χ4v) is 1.93. The number of hydrogen-bond donors (Lipinski definition) is 1. The predicted molar refractivity (Wildman–Crippen MR) is 74.8 cm³/mol. The standard InChI is InChI=1S/C15H15N3O/c1-10-5-12(7-16)3-4-13(10)8-18-9-14(17)11(2)6-15(18)19/h3-6,9H,8,17H2,1-2H3. The molecule has 0 aliphatic carbocycles. The summed E-state index contributed by atoms with van der Waals surface area (Å²) in [6.45, 7) is 4.20. The average molecular weight is 253 g/mol. The summed E-state index contributed by atoms with van der Waals surface area (Å²) >= 11 is 0. The van der Waals surface area contributed by atoms with Crippen molar-refractivity contribution in [3.8, 4) is 6.07 Å². The second-order valence-electron chi connectivity index (χ2n) is 4.63. The highest BCUT2D eigenvalue weighted by Crippen LogP contribution is 2.13. The molecule has 0 fully saturated rings. The third kappa shape index (κ3) is 2.66. The molecule has 2 rings (SSSR count). The minimum atomic E-state index is -0.0736. The summed E-state index contributed by atoms with van der Waals surface area (Å²) in [5.74, 6) is 0. The zero-order valence-electron chi connectivity index (χ0n) is 11.0. The van der Waals surface area contributed by atoms with Gasteiger partial charge in [-0.15, -0.1) is 0 Å². The molecule has 0 amide bonds. The van der Waals surface area contributed by atoms with Gasteiger partial charge < -0.3 is 10.3 Å². The lowest BCUT2D eigenvalue weighted by Crippen LogP contribution is -2.21. The zero-order valence-corrected chi connectivity index (χ0v) is 11.0. The van der Waals surface area contributed by atoms with Crippen LogP contribution in [-0.2, 0) is 6.54 Å². The Bertz CT molecular complexity index is 723. The SMILES string of the molecule is Cc1cc(=O)n(Cc2ccc(C#N)cc2C)cc1N. The molecule has 0 bridgehead atoms. The largest absolute Gasteiger partial charge is 0.397 e. The Balaban J connectivity index is 2.40. The number of aryl methyl sites for hydroxylation is 2. The van der Waals surface area contributed by atoms with Crippen molar-refractivity contribution in [1.82, 2.24) is 4.57 Å². The average Bonchev–Trinajstić information content (AvgIpc) is 2.38. The highest BCUT2D eigenvalue weighted by Gasteiger charge is 2.04. The fourth-order valence-electron chi connectivity index (χ4n) is 1.93. The molecule has 1 aromatic carbocycles. The van der Waals surface area contributed by atoms with Gasteiger partial charge in [-0.1, -0.05) is 6.07 Å². The molecule has 0 unspecified atom stereocenters. The molecular weight excluding hydrogens is 238 g/mol. The quantitative estimate of drug-likeness (QED) is 0.889. The summed E-state index contributed by atoms with van der Waals surface area (Å²) in [4.78, 5) is 11.9. The topological polar surface area (TPSA) is 71.8 Å². The number of nitrogens with zero attached hydrogens (tertiary/aromatic N) is 2. The Labute approximate surface area is 111 Å². The molecule has 19 heavy (non-hydrogen) atoms. The van der Waals surface area contributed by atoms with Gasteiger partial charge in [0.15, 0.2) is 0 Å². The van der Waals surface area contributed by atoms with Gasteiger partial charge in [-0.3, -0.25) is 4.79 Å². The summed E-state index contributed by atoms with van der Waals surface area (Å²) in [6.07, 6.45) is 1.66. The molecule has 0 aliphatic heterocycles. The molecule has 96 valence electrons. The van der Waals surface area contributed by atoms with Crippen LogP contribution in [0.1, 0.15) is 22.3 Å². The van der Waals surface area contributed by atoms with Crippen molar-refractivity contribution < 1.29 is 0 Å². The van der Waals surface area contributed by atoms with Gasteiger partial charge in [0.2, 0.25) is 0 Å². The monoisotopic (exact) mass is 253 g/mol. The molecule has 0 radical (unpaired) electrons. The number of benzene rings is 1. The van der Waals surface area contributed by atoms with Crippen LogP contribution in [0.2, 0.25) is 0 Å². The van der Waals surface area contributed by atoms with Gasteiger partial charge in [-0.2, -0.15) is 5.26 Å². The second-order valence-corrected chi connectivity index (χ2v) is 4.63. The molecule has 1 aromatic heterocycles. The van der Waals surface area contributed by atoms with E-state index in [1.165, 1.54) is 6.07 Å². The van der Waals surface area contributed by atoms with E-state index in [0.717, 1.165) is 16.7 Å². The van der Waals surface area contributed by atoms with Crippen molar-refractivity contribution in [2.45, 2.75) is 20.4 Å². The summed E-state index contributed by atoms with van der Waals surface area (Å²) in [7, 11) is 0. The summed E-state index contributed by atoms with van der Waals surface area (Å²) < 4.78 is 1.58. The Morgan fingerprint density at radius 3 is 2.63 bits per heavy atom. The van der Waals surface area contributed by atoms with E-state index < -0.39 is 0 Å². The molecular formula is C15H15N3O. The Kier molecular flexibility index (Phi) is 3.39. The minimum Gasteiger partial charge on any atom is -0.397 e. The summed E-state index contributed by atoms with van der Waals surface area (Å²) in [6, 6.07) is 9.08. The molecule has 0 spiro atoms. The number of nitrogen functional groups attached to an aromatic ring is 1. The van der Waals surface area contributed by atoms with Crippen molar-refractivity contribution in [2.24, 2.45) is 0 Å². The molecule has 4 nitrogen and oxygen atoms in total. The minimum absolute atomic E-state index is 0.0736. The third-order valence-corrected chi connectivity index (χ3v) is 3.19. The van der Waals surface area contributed by atoms with E-state index in [0.29, 0.717) is 17.8 Å². The summed E-state index contributed by atoms with van der Waals surface area (Å²) in [5, 5.41) is 8.83. The zero-order chi connectivity index (χ0) is 14.0. The van der Waals surface area contributed by atoms with Gasteiger partial charge in [-0.05, 0) is 42.7 Å². The Hall–Kier alpha value is -2.54. The van der Waals surface area contributed by atoms with Gasteiger partial charge >= 0.3 is 0 Å². The lowest BCUT2D eigenvalue weighted by Gasteiger charge is -2.10. The van der Waals surface area contributed by atoms with Crippen molar-refractivity contribution in [2.75, 3.05) is 5.73 Å². The van der Waals surface area contributed by atoms with Crippen LogP contribution in [0.25, 0.3) is 0 Å². The van der Waals surface area contributed by atoms with Crippen LogP contribution in [0, 0.1) is 25.2 Å². The first kappa shape index (κ1) is 12.9. The molecule has 0 saturated heterocycles. The van der Waals surface area contributed by atoms with Gasteiger partial charge in [0.05, 0.1) is 23.9 Å². The van der Waals surface area contributed by atoms with E-state index in [-0.39, 0.29) is 5.56 Å². The molecule has 2 aromatic rings. The van der Waals surface area contributed by atoms with Crippen LogP contribution >= 0.6 is 0 Å². The van der Waals surface area contributed by atoms with Crippen LogP contribution in [0.3, 0.4) is 0 Å². The summed E-state index contributed by atoms with van der Waals surface area (Å²) in [5.41, 5.74) is 9.76.